The minimum Gasteiger partial charge on any atom is -0.383 e. The van der Waals surface area contributed by atoms with E-state index >= 15 is 0 Å². The Hall–Kier alpha value is -3.04. The molecule has 1 atom stereocenters. The van der Waals surface area contributed by atoms with Crippen molar-refractivity contribution in [2.24, 2.45) is 0 Å². The minimum absolute atomic E-state index is 0.178. The maximum Gasteiger partial charge on any atom is 0.277 e. The molecule has 9 nitrogen and oxygen atoms in total. The van der Waals surface area contributed by atoms with Crippen LogP contribution in [0.4, 0.5) is 0 Å². The molecule has 0 aliphatic carbocycles. The Kier molecular flexibility index (Phi) is 4.44. The van der Waals surface area contributed by atoms with Gasteiger partial charge in [0.25, 0.3) is 11.4 Å². The van der Waals surface area contributed by atoms with E-state index in [4.69, 9.17) is 14.0 Å². The van der Waals surface area contributed by atoms with E-state index in [1.165, 1.54) is 0 Å². The molecule has 0 N–H and O–H groups in total. The molecule has 30 heavy (non-hydrogen) atoms. The number of ether oxygens (including phenoxy) is 2. The van der Waals surface area contributed by atoms with E-state index in [9.17, 15) is 4.79 Å². The van der Waals surface area contributed by atoms with E-state index in [2.05, 4.69) is 15.1 Å². The van der Waals surface area contributed by atoms with Crippen LogP contribution in [0.15, 0.2) is 39.9 Å². The number of imidazole rings is 1. The fourth-order valence-corrected chi connectivity index (χ4v) is 4.05. The normalized spacial score (nSPS) is 18.6. The SMILES string of the molecule is COCCn1c(=O)c2c(-c3noc(C4CCC(C)(C)O4)n3)ncn2c2ccccc21. The molecule has 5 rings (SSSR count). The number of hydrogen-bond donors (Lipinski definition) is 0. The maximum atomic E-state index is 13.4. The van der Waals surface area contributed by atoms with Gasteiger partial charge in [0.1, 0.15) is 23.6 Å². The molecule has 3 aromatic heterocycles. The first-order valence-corrected chi connectivity index (χ1v) is 9.98. The Morgan fingerprint density at radius 1 is 1.27 bits per heavy atom. The lowest BCUT2D eigenvalue weighted by Gasteiger charge is -2.17. The molecule has 0 radical (unpaired) electrons. The molecule has 0 saturated carbocycles. The van der Waals surface area contributed by atoms with Crippen molar-refractivity contribution in [1.82, 2.24) is 24.1 Å². The molecule has 156 valence electrons. The van der Waals surface area contributed by atoms with Gasteiger partial charge in [0.2, 0.25) is 5.82 Å². The lowest BCUT2D eigenvalue weighted by molar-refractivity contribution is -0.0292. The first-order valence-electron chi connectivity index (χ1n) is 9.98. The standard InChI is InChI=1S/C21H23N5O4/c1-21(2)9-8-15(29-21)19-23-18(24-30-19)16-17-20(27)25(10-11-28-3)13-6-4-5-7-14(13)26(17)12-22-16/h4-7,12,15H,8-11H2,1-3H3. The predicted octanol–water partition coefficient (Wildman–Crippen LogP) is 2.98. The van der Waals surface area contributed by atoms with E-state index in [0.717, 1.165) is 23.9 Å². The third-order valence-electron chi connectivity index (χ3n) is 5.57. The Labute approximate surface area is 172 Å². The average molecular weight is 409 g/mol. The van der Waals surface area contributed by atoms with Crippen LogP contribution in [0.5, 0.6) is 0 Å². The summed E-state index contributed by atoms with van der Waals surface area (Å²) in [5.41, 5.74) is 2.09. The van der Waals surface area contributed by atoms with E-state index in [1.807, 2.05) is 38.1 Å². The maximum absolute atomic E-state index is 13.4. The predicted molar refractivity (Wildman–Crippen MR) is 109 cm³/mol. The van der Waals surface area contributed by atoms with E-state index < -0.39 is 0 Å². The molecule has 9 heteroatoms. The molecule has 1 aliphatic heterocycles. The third kappa shape index (κ3) is 3.01. The van der Waals surface area contributed by atoms with E-state index in [1.54, 1.807) is 22.4 Å². The molecule has 1 unspecified atom stereocenters. The molecule has 1 aliphatic rings. The van der Waals surface area contributed by atoms with Crippen LogP contribution in [0.2, 0.25) is 0 Å². The molecule has 0 spiro atoms. The van der Waals surface area contributed by atoms with Crippen molar-refractivity contribution < 1.29 is 14.0 Å². The van der Waals surface area contributed by atoms with Crippen molar-refractivity contribution in [2.45, 2.75) is 44.9 Å². The van der Waals surface area contributed by atoms with Crippen LogP contribution in [-0.4, -0.2) is 43.4 Å². The monoisotopic (exact) mass is 409 g/mol. The Morgan fingerprint density at radius 2 is 2.07 bits per heavy atom. The summed E-state index contributed by atoms with van der Waals surface area (Å²) in [4.78, 5) is 22.4. The highest BCUT2D eigenvalue weighted by molar-refractivity contribution is 5.83. The molecule has 0 bridgehead atoms. The summed E-state index contributed by atoms with van der Waals surface area (Å²) in [5.74, 6) is 0.698. The fourth-order valence-electron chi connectivity index (χ4n) is 4.05. The number of para-hydroxylation sites is 2. The van der Waals surface area contributed by atoms with E-state index in [-0.39, 0.29) is 23.1 Å². The first-order chi connectivity index (χ1) is 14.5. The summed E-state index contributed by atoms with van der Waals surface area (Å²) in [6.45, 7) is 4.94. The molecule has 0 amide bonds. The van der Waals surface area contributed by atoms with E-state index in [0.29, 0.717) is 30.3 Å². The highest BCUT2D eigenvalue weighted by Crippen LogP contribution is 2.38. The minimum atomic E-state index is -0.241. The van der Waals surface area contributed by atoms with Crippen LogP contribution >= 0.6 is 0 Å². The van der Waals surface area contributed by atoms with Crippen LogP contribution in [0.1, 0.15) is 38.7 Å². The van der Waals surface area contributed by atoms with Crippen LogP contribution in [-0.2, 0) is 16.0 Å². The summed E-state index contributed by atoms with van der Waals surface area (Å²) < 4.78 is 20.1. The third-order valence-corrected chi connectivity index (χ3v) is 5.57. The van der Waals surface area contributed by atoms with Crippen LogP contribution < -0.4 is 5.56 Å². The van der Waals surface area contributed by atoms with Gasteiger partial charge in [0.15, 0.2) is 0 Å². The quantitative estimate of drug-likeness (QED) is 0.500. The van der Waals surface area contributed by atoms with Crippen molar-refractivity contribution >= 4 is 16.6 Å². The molecule has 4 aromatic rings. The number of methoxy groups -OCH3 is 1. The van der Waals surface area contributed by atoms with Crippen molar-refractivity contribution in [3.05, 3.63) is 46.8 Å². The Morgan fingerprint density at radius 3 is 2.80 bits per heavy atom. The van der Waals surface area contributed by atoms with Gasteiger partial charge in [-0.2, -0.15) is 4.98 Å². The highest BCUT2D eigenvalue weighted by Gasteiger charge is 2.36. The van der Waals surface area contributed by atoms with Crippen molar-refractivity contribution in [2.75, 3.05) is 13.7 Å². The lowest BCUT2D eigenvalue weighted by atomic mass is 10.1. The van der Waals surface area contributed by atoms with Crippen molar-refractivity contribution in [3.8, 4) is 11.5 Å². The molecule has 4 heterocycles. The fraction of sp³-hybridized carbons (Fsp3) is 0.429. The molecule has 1 saturated heterocycles. The van der Waals surface area contributed by atoms with Gasteiger partial charge in [0, 0.05) is 13.7 Å². The number of benzene rings is 1. The molecule has 1 aromatic carbocycles. The summed E-state index contributed by atoms with van der Waals surface area (Å²) in [7, 11) is 1.61. The van der Waals surface area contributed by atoms with Crippen LogP contribution in [0.25, 0.3) is 28.1 Å². The Balaban J connectivity index is 1.65. The van der Waals surface area contributed by atoms with Gasteiger partial charge in [-0.3, -0.25) is 9.20 Å². The lowest BCUT2D eigenvalue weighted by Crippen LogP contribution is -2.25. The van der Waals surface area contributed by atoms with Gasteiger partial charge < -0.3 is 18.6 Å². The van der Waals surface area contributed by atoms with Crippen LogP contribution in [0.3, 0.4) is 0 Å². The summed E-state index contributed by atoms with van der Waals surface area (Å²) in [5, 5.41) is 4.10. The van der Waals surface area contributed by atoms with Gasteiger partial charge in [0.05, 0.1) is 23.2 Å². The number of rotatable bonds is 5. The number of hydrogen-bond acceptors (Lipinski definition) is 7. The van der Waals surface area contributed by atoms with Gasteiger partial charge in [-0.15, -0.1) is 0 Å². The number of fused-ring (bicyclic) bond motifs is 3. The summed E-state index contributed by atoms with van der Waals surface area (Å²) in [6, 6.07) is 7.70. The number of aromatic nitrogens is 5. The van der Waals surface area contributed by atoms with Crippen LogP contribution in [0, 0.1) is 0 Å². The number of nitrogens with zero attached hydrogens (tertiary/aromatic N) is 5. The summed E-state index contributed by atoms with van der Waals surface area (Å²) >= 11 is 0. The zero-order valence-electron chi connectivity index (χ0n) is 17.2. The largest absolute Gasteiger partial charge is 0.383 e. The van der Waals surface area contributed by atoms with Gasteiger partial charge >= 0.3 is 0 Å². The second kappa shape index (κ2) is 7.03. The van der Waals surface area contributed by atoms with Gasteiger partial charge in [-0.25, -0.2) is 4.98 Å². The zero-order chi connectivity index (χ0) is 20.9. The van der Waals surface area contributed by atoms with Gasteiger partial charge in [-0.05, 0) is 38.8 Å². The van der Waals surface area contributed by atoms with Crippen molar-refractivity contribution in [3.63, 3.8) is 0 Å². The second-order valence-corrected chi connectivity index (χ2v) is 8.11. The summed E-state index contributed by atoms with van der Waals surface area (Å²) in [6.07, 6.45) is 3.11. The molecular formula is C21H23N5O4. The smallest absolute Gasteiger partial charge is 0.277 e. The second-order valence-electron chi connectivity index (χ2n) is 8.11. The zero-order valence-corrected chi connectivity index (χ0v) is 17.2. The van der Waals surface area contributed by atoms with Crippen molar-refractivity contribution in [1.29, 1.82) is 0 Å². The highest BCUT2D eigenvalue weighted by atomic mass is 16.5. The molecule has 1 fully saturated rings. The average Bonchev–Trinajstić information content (AvgIpc) is 3.45. The topological polar surface area (TPSA) is 96.7 Å². The molecular weight excluding hydrogens is 386 g/mol. The Bertz CT molecular complexity index is 1290. The van der Waals surface area contributed by atoms with Gasteiger partial charge in [-0.1, -0.05) is 17.3 Å². The first kappa shape index (κ1) is 19.0.